The van der Waals surface area contributed by atoms with Crippen LogP contribution >= 0.6 is 10.5 Å². The molecule has 0 aliphatic carbocycles. The molecule has 1 radical (unpaired) electrons. The van der Waals surface area contributed by atoms with Crippen molar-refractivity contribution in [2.24, 2.45) is 0 Å². The molecule has 0 aliphatic heterocycles. The number of rotatable bonds is 4. The number of nitrogens with one attached hydrogen (secondary N) is 1. The van der Waals surface area contributed by atoms with Crippen molar-refractivity contribution in [2.45, 2.75) is 6.92 Å². The summed E-state index contributed by atoms with van der Waals surface area (Å²) in [4.78, 5) is 10.4. The summed E-state index contributed by atoms with van der Waals surface area (Å²) in [6, 6.07) is 2.04. The Morgan fingerprint density at radius 2 is 2.33 bits per heavy atom. The molecule has 3 nitrogen and oxygen atoms in total. The molecule has 12 heavy (non-hydrogen) atoms. The summed E-state index contributed by atoms with van der Waals surface area (Å²) in [6.07, 6.45) is 0. The van der Waals surface area contributed by atoms with E-state index in [4.69, 9.17) is 5.26 Å². The zero-order chi connectivity index (χ0) is 8.69. The van der Waals surface area contributed by atoms with Gasteiger partial charge in [-0.25, -0.2) is 0 Å². The maximum absolute atomic E-state index is 10.4. The van der Waals surface area contributed by atoms with E-state index in [1.807, 2.05) is 6.07 Å². The Bertz CT molecular complexity index is 200. The summed E-state index contributed by atoms with van der Waals surface area (Å²) in [5.41, 5.74) is 0. The van der Waals surface area contributed by atoms with Gasteiger partial charge in [-0.1, -0.05) is 5.87 Å². The van der Waals surface area contributed by atoms with Gasteiger partial charge in [-0.3, -0.25) is 4.79 Å². The molecule has 0 aromatic rings. The van der Waals surface area contributed by atoms with Crippen molar-refractivity contribution < 1.29 is 23.4 Å². The van der Waals surface area contributed by atoms with Crippen LogP contribution in [0.2, 0.25) is 0 Å². The van der Waals surface area contributed by atoms with Gasteiger partial charge in [0.05, 0.1) is 11.8 Å². The first-order valence-electron chi connectivity index (χ1n) is 3.25. The number of amides is 1. The first-order chi connectivity index (χ1) is 5.16. The maximum atomic E-state index is 10.4. The van der Waals surface area contributed by atoms with Crippen LogP contribution in [-0.4, -0.2) is 29.8 Å². The Morgan fingerprint density at radius 1 is 1.75 bits per heavy atom. The van der Waals surface area contributed by atoms with Crippen LogP contribution in [0, 0.1) is 11.3 Å². The van der Waals surface area contributed by atoms with Crippen molar-refractivity contribution in [1.82, 2.24) is 5.32 Å². The monoisotopic (exact) mass is 223 g/mol. The SMILES string of the molecule is C=S(CC#N)CCNC(C)=O.[V]. The second kappa shape index (κ2) is 8.86. The molecule has 1 unspecified atom stereocenters. The second-order valence-corrected chi connectivity index (χ2v) is 4.02. The quantitative estimate of drug-likeness (QED) is 0.699. The van der Waals surface area contributed by atoms with Crippen LogP contribution in [0.25, 0.3) is 0 Å². The number of hydrogen-bond donors (Lipinski definition) is 1. The Balaban J connectivity index is 0. The molecule has 0 saturated carbocycles. The van der Waals surface area contributed by atoms with Crippen molar-refractivity contribution in [3.8, 4) is 6.07 Å². The van der Waals surface area contributed by atoms with Crippen LogP contribution in [0.1, 0.15) is 6.92 Å². The van der Waals surface area contributed by atoms with Gasteiger partial charge in [-0.2, -0.15) is 15.7 Å². The van der Waals surface area contributed by atoms with Crippen molar-refractivity contribution in [1.29, 1.82) is 5.26 Å². The molecule has 67 valence electrons. The van der Waals surface area contributed by atoms with E-state index in [0.717, 1.165) is 5.75 Å². The van der Waals surface area contributed by atoms with Gasteiger partial charge in [0.1, 0.15) is 0 Å². The van der Waals surface area contributed by atoms with Gasteiger partial charge in [0.15, 0.2) is 0 Å². The summed E-state index contributed by atoms with van der Waals surface area (Å²) in [5.74, 6) is 5.03. The standard InChI is InChI=1S/C7H12N2OS.V/c1-7(10)9-4-6-11(2)5-3-8;/h2,4-6H2,1H3,(H,9,10);. The van der Waals surface area contributed by atoms with E-state index in [-0.39, 0.29) is 34.9 Å². The molecule has 1 amide bonds. The Labute approximate surface area is 87.3 Å². The summed E-state index contributed by atoms with van der Waals surface area (Å²) in [6.45, 7) is 2.11. The van der Waals surface area contributed by atoms with Crippen molar-refractivity contribution >= 4 is 22.3 Å². The van der Waals surface area contributed by atoms with E-state index in [2.05, 4.69) is 11.2 Å². The molecule has 0 saturated heterocycles. The van der Waals surface area contributed by atoms with Gasteiger partial charge in [0.2, 0.25) is 5.91 Å². The Kier molecular flexibility index (Phi) is 10.6. The van der Waals surface area contributed by atoms with E-state index in [0.29, 0.717) is 12.3 Å². The van der Waals surface area contributed by atoms with E-state index in [1.54, 1.807) is 0 Å². The predicted octanol–water partition coefficient (Wildman–Crippen LogP) is 0.344. The second-order valence-electron chi connectivity index (χ2n) is 2.10. The topological polar surface area (TPSA) is 52.9 Å². The summed E-state index contributed by atoms with van der Waals surface area (Å²) < 4.78 is 0. The van der Waals surface area contributed by atoms with Crippen LogP contribution in [0.3, 0.4) is 0 Å². The zero-order valence-electron chi connectivity index (χ0n) is 7.04. The Morgan fingerprint density at radius 3 is 2.75 bits per heavy atom. The third-order valence-electron chi connectivity index (χ3n) is 1.03. The molecule has 0 aliphatic rings. The van der Waals surface area contributed by atoms with Gasteiger partial charge in [-0.15, -0.1) is 0 Å². The average Bonchev–Trinajstić information content (AvgIpc) is 1.87. The number of nitrogens with zero attached hydrogens (tertiary/aromatic N) is 1. The van der Waals surface area contributed by atoms with Crippen molar-refractivity contribution in [2.75, 3.05) is 18.1 Å². The minimum atomic E-state index is -0.112. The van der Waals surface area contributed by atoms with E-state index >= 15 is 0 Å². The minimum absolute atomic E-state index is 0. The van der Waals surface area contributed by atoms with Crippen LogP contribution < -0.4 is 5.32 Å². The number of carbonyl (C=O) groups excluding carboxylic acids is 1. The normalized spacial score (nSPS) is 10.7. The fourth-order valence-electron chi connectivity index (χ4n) is 0.535. The van der Waals surface area contributed by atoms with Gasteiger partial charge in [-0.05, 0) is 0 Å². The molecular weight excluding hydrogens is 211 g/mol. The molecule has 0 aromatic carbocycles. The smallest absolute Gasteiger partial charge is 0.216 e. The predicted molar refractivity (Wildman–Crippen MR) is 48.7 cm³/mol. The van der Waals surface area contributed by atoms with Gasteiger partial charge < -0.3 is 5.32 Å². The van der Waals surface area contributed by atoms with Crippen LogP contribution in [0.15, 0.2) is 0 Å². The van der Waals surface area contributed by atoms with E-state index in [9.17, 15) is 4.79 Å². The third-order valence-corrected chi connectivity index (χ3v) is 2.35. The molecule has 5 heteroatoms. The molecule has 1 atom stereocenters. The molecule has 0 spiro atoms. The van der Waals surface area contributed by atoms with E-state index in [1.165, 1.54) is 6.92 Å². The van der Waals surface area contributed by atoms with Crippen LogP contribution in [-0.2, 0) is 23.4 Å². The Hall–Kier alpha value is -0.236. The summed E-state index contributed by atoms with van der Waals surface area (Å²) >= 11 is 0. The molecular formula is C7H12N2OSV. The molecule has 0 rings (SSSR count). The van der Waals surface area contributed by atoms with Gasteiger partial charge in [0.25, 0.3) is 0 Å². The number of hydrogen-bond acceptors (Lipinski definition) is 2. The molecule has 1 N–H and O–H groups in total. The minimum Gasteiger partial charge on any atom is -0.356 e. The molecule has 0 fully saturated rings. The summed E-state index contributed by atoms with van der Waals surface area (Å²) in [5, 5.41) is 10.9. The molecule has 0 heterocycles. The molecule has 0 bridgehead atoms. The molecule has 0 aromatic heterocycles. The van der Waals surface area contributed by atoms with Crippen molar-refractivity contribution in [3.05, 3.63) is 0 Å². The first kappa shape index (κ1) is 14.3. The maximum Gasteiger partial charge on any atom is 0.216 e. The van der Waals surface area contributed by atoms with Crippen LogP contribution in [0.5, 0.6) is 0 Å². The third kappa shape index (κ3) is 9.76. The fourth-order valence-corrected chi connectivity index (χ4v) is 1.25. The first-order valence-corrected chi connectivity index (χ1v) is 4.98. The number of nitriles is 1. The fraction of sp³-hybridized carbons (Fsp3) is 0.571. The average molecular weight is 223 g/mol. The van der Waals surface area contributed by atoms with Gasteiger partial charge >= 0.3 is 0 Å². The zero-order valence-corrected chi connectivity index (χ0v) is 9.25. The summed E-state index contributed by atoms with van der Waals surface area (Å²) in [7, 11) is -0.112. The van der Waals surface area contributed by atoms with Crippen molar-refractivity contribution in [3.63, 3.8) is 0 Å². The van der Waals surface area contributed by atoms with Crippen LogP contribution in [0.4, 0.5) is 0 Å². The van der Waals surface area contributed by atoms with E-state index < -0.39 is 0 Å². The number of carbonyl (C=O) groups is 1. The van der Waals surface area contributed by atoms with Gasteiger partial charge in [0, 0.05) is 37.8 Å². The largest absolute Gasteiger partial charge is 0.356 e.